The Balaban J connectivity index is 2.29. The molecule has 0 saturated carbocycles. The highest BCUT2D eigenvalue weighted by molar-refractivity contribution is 8.13. The van der Waals surface area contributed by atoms with Crippen molar-refractivity contribution in [3.05, 3.63) is 29.6 Å². The van der Waals surface area contributed by atoms with Gasteiger partial charge in [0.1, 0.15) is 5.82 Å². The average Bonchev–Trinajstić information content (AvgIpc) is 2.76. The number of rotatable bonds is 3. The lowest BCUT2D eigenvalue weighted by molar-refractivity contribution is -0.137. The van der Waals surface area contributed by atoms with Gasteiger partial charge in [-0.3, -0.25) is 9.59 Å². The molecule has 1 aliphatic heterocycles. The van der Waals surface area contributed by atoms with E-state index in [0.717, 1.165) is 34.9 Å². The molecule has 0 bridgehead atoms. The predicted octanol–water partition coefficient (Wildman–Crippen LogP) is 3.48. The second-order valence-corrected chi connectivity index (χ2v) is 6.21. The van der Waals surface area contributed by atoms with Gasteiger partial charge in [-0.1, -0.05) is 17.8 Å². The number of anilines is 1. The number of nitrogens with zero attached hydrogens (tertiary/aromatic N) is 1. The van der Waals surface area contributed by atoms with Crippen LogP contribution in [0.25, 0.3) is 0 Å². The molecule has 0 radical (unpaired) electrons. The van der Waals surface area contributed by atoms with Crippen molar-refractivity contribution >= 4 is 28.5 Å². The monoisotopic (exact) mass is 335 g/mol. The number of amides is 1. The molecule has 8 heteroatoms. The zero-order valence-electron chi connectivity index (χ0n) is 11.6. The Kier molecular flexibility index (Phi) is 4.79. The van der Waals surface area contributed by atoms with Crippen LogP contribution in [0.5, 0.6) is 0 Å². The first-order valence-corrected chi connectivity index (χ1v) is 7.48. The Morgan fingerprint density at radius 2 is 2.09 bits per heavy atom. The van der Waals surface area contributed by atoms with E-state index in [0.29, 0.717) is 5.75 Å². The van der Waals surface area contributed by atoms with Crippen LogP contribution >= 0.6 is 11.8 Å². The lowest BCUT2D eigenvalue weighted by Gasteiger charge is -2.22. The third-order valence-corrected chi connectivity index (χ3v) is 4.33. The molecule has 1 aromatic rings. The minimum Gasteiger partial charge on any atom is -0.309 e. The molecule has 0 aromatic heterocycles. The number of carbonyl (C=O) groups is 2. The van der Waals surface area contributed by atoms with Gasteiger partial charge in [0.15, 0.2) is 5.12 Å². The second kappa shape index (κ2) is 6.28. The molecule has 2 rings (SSSR count). The highest BCUT2D eigenvalue weighted by Crippen LogP contribution is 2.40. The Morgan fingerprint density at radius 1 is 1.41 bits per heavy atom. The third kappa shape index (κ3) is 3.60. The average molecular weight is 335 g/mol. The summed E-state index contributed by atoms with van der Waals surface area (Å²) in [6.45, 7) is 1.35. The molecular formula is C14H13F4NO2S. The molecule has 0 aliphatic carbocycles. The number of halogens is 4. The maximum Gasteiger partial charge on any atom is 0.418 e. The van der Waals surface area contributed by atoms with Crippen LogP contribution in [0.1, 0.15) is 18.9 Å². The van der Waals surface area contributed by atoms with Crippen molar-refractivity contribution in [2.75, 3.05) is 17.2 Å². The summed E-state index contributed by atoms with van der Waals surface area (Å²) in [7, 11) is 0. The molecule has 1 fully saturated rings. The summed E-state index contributed by atoms with van der Waals surface area (Å²) in [5.74, 6) is -1.59. The van der Waals surface area contributed by atoms with Crippen LogP contribution in [-0.4, -0.2) is 23.3 Å². The lowest BCUT2D eigenvalue weighted by Crippen LogP contribution is -2.28. The van der Waals surface area contributed by atoms with E-state index in [-0.39, 0.29) is 24.0 Å². The molecule has 1 amide bonds. The Morgan fingerprint density at radius 3 is 2.68 bits per heavy atom. The molecule has 0 spiro atoms. The van der Waals surface area contributed by atoms with Crippen LogP contribution in [0, 0.1) is 11.7 Å². The fourth-order valence-corrected chi connectivity index (χ4v) is 3.06. The number of para-hydroxylation sites is 1. The molecule has 1 unspecified atom stereocenters. The first-order valence-electron chi connectivity index (χ1n) is 6.49. The molecule has 120 valence electrons. The van der Waals surface area contributed by atoms with Crippen molar-refractivity contribution in [3.63, 3.8) is 0 Å². The number of benzene rings is 1. The highest BCUT2D eigenvalue weighted by Gasteiger charge is 2.40. The Labute approximate surface area is 128 Å². The van der Waals surface area contributed by atoms with Crippen molar-refractivity contribution in [2.45, 2.75) is 19.5 Å². The molecule has 1 aromatic carbocycles. The van der Waals surface area contributed by atoms with Gasteiger partial charge < -0.3 is 4.90 Å². The minimum atomic E-state index is -4.75. The van der Waals surface area contributed by atoms with Gasteiger partial charge in [0.25, 0.3) is 0 Å². The number of hydrogen-bond donors (Lipinski definition) is 0. The molecule has 22 heavy (non-hydrogen) atoms. The van der Waals surface area contributed by atoms with Crippen molar-refractivity contribution < 1.29 is 27.2 Å². The molecule has 1 atom stereocenters. The van der Waals surface area contributed by atoms with Crippen LogP contribution in [0.15, 0.2) is 18.2 Å². The van der Waals surface area contributed by atoms with Gasteiger partial charge in [0, 0.05) is 25.6 Å². The van der Waals surface area contributed by atoms with Gasteiger partial charge in [-0.15, -0.1) is 0 Å². The van der Waals surface area contributed by atoms with Gasteiger partial charge in [-0.25, -0.2) is 4.39 Å². The smallest absolute Gasteiger partial charge is 0.309 e. The number of thioether (sulfide) groups is 1. The molecule has 1 aliphatic rings. The highest BCUT2D eigenvalue weighted by atomic mass is 32.2. The van der Waals surface area contributed by atoms with E-state index in [1.165, 1.54) is 6.92 Å². The Bertz CT molecular complexity index is 603. The van der Waals surface area contributed by atoms with Gasteiger partial charge in [-0.05, 0) is 18.1 Å². The number of alkyl halides is 3. The van der Waals surface area contributed by atoms with Gasteiger partial charge in [-0.2, -0.15) is 13.2 Å². The largest absolute Gasteiger partial charge is 0.418 e. The Hall–Kier alpha value is -1.57. The summed E-state index contributed by atoms with van der Waals surface area (Å²) in [6.07, 6.45) is -4.74. The first kappa shape index (κ1) is 16.8. The van der Waals surface area contributed by atoms with Crippen molar-refractivity contribution in [1.29, 1.82) is 0 Å². The maximum absolute atomic E-state index is 13.9. The number of carbonyl (C=O) groups excluding carboxylic acids is 2. The summed E-state index contributed by atoms with van der Waals surface area (Å²) < 4.78 is 52.9. The quantitative estimate of drug-likeness (QED) is 0.794. The summed E-state index contributed by atoms with van der Waals surface area (Å²) in [5, 5.41) is -0.132. The van der Waals surface area contributed by atoms with E-state index in [2.05, 4.69) is 0 Å². The SMILES string of the molecule is CC(=O)SCC1CC(=O)N(c2c(F)cccc2C(F)(F)F)C1. The van der Waals surface area contributed by atoms with Crippen molar-refractivity contribution in [3.8, 4) is 0 Å². The maximum atomic E-state index is 13.9. The van der Waals surface area contributed by atoms with Crippen LogP contribution in [-0.2, 0) is 15.8 Å². The van der Waals surface area contributed by atoms with Gasteiger partial charge in [0.05, 0.1) is 11.3 Å². The topological polar surface area (TPSA) is 37.4 Å². The van der Waals surface area contributed by atoms with E-state index >= 15 is 0 Å². The van der Waals surface area contributed by atoms with Crippen molar-refractivity contribution in [2.24, 2.45) is 5.92 Å². The van der Waals surface area contributed by atoms with Crippen LogP contribution in [0.3, 0.4) is 0 Å². The fraction of sp³-hybridized carbons (Fsp3) is 0.429. The summed E-state index contributed by atoms with van der Waals surface area (Å²) >= 11 is 1.01. The zero-order chi connectivity index (χ0) is 16.5. The standard InChI is InChI=1S/C14H13F4NO2S/c1-8(20)22-7-9-5-12(21)19(6-9)13-10(14(16,17)18)3-2-4-11(13)15/h2-4,9H,5-7H2,1H3. The van der Waals surface area contributed by atoms with Crippen LogP contribution < -0.4 is 4.90 Å². The normalized spacial score (nSPS) is 18.9. The third-order valence-electron chi connectivity index (χ3n) is 3.29. The van der Waals surface area contributed by atoms with Gasteiger partial charge >= 0.3 is 6.18 Å². The predicted molar refractivity (Wildman–Crippen MR) is 75.0 cm³/mol. The van der Waals surface area contributed by atoms with E-state index in [4.69, 9.17) is 0 Å². The van der Waals surface area contributed by atoms with E-state index in [1.807, 2.05) is 0 Å². The molecule has 3 nitrogen and oxygen atoms in total. The summed E-state index contributed by atoms with van der Waals surface area (Å²) in [5.41, 5.74) is -1.89. The molecule has 0 N–H and O–H groups in total. The van der Waals surface area contributed by atoms with E-state index in [9.17, 15) is 27.2 Å². The van der Waals surface area contributed by atoms with Crippen molar-refractivity contribution in [1.82, 2.24) is 0 Å². The minimum absolute atomic E-state index is 0.00586. The summed E-state index contributed by atoms with van der Waals surface area (Å²) in [4.78, 5) is 23.7. The second-order valence-electron chi connectivity index (χ2n) is 5.01. The van der Waals surface area contributed by atoms with Crippen LogP contribution in [0.2, 0.25) is 0 Å². The lowest BCUT2D eigenvalue weighted by atomic mass is 10.1. The fourth-order valence-electron chi connectivity index (χ4n) is 2.36. The molecule has 1 saturated heterocycles. The van der Waals surface area contributed by atoms with Crippen LogP contribution in [0.4, 0.5) is 23.2 Å². The van der Waals surface area contributed by atoms with E-state index in [1.54, 1.807) is 0 Å². The van der Waals surface area contributed by atoms with E-state index < -0.39 is 29.2 Å². The molecular weight excluding hydrogens is 322 g/mol. The number of hydrogen-bond acceptors (Lipinski definition) is 3. The zero-order valence-corrected chi connectivity index (χ0v) is 12.4. The summed E-state index contributed by atoms with van der Waals surface area (Å²) in [6, 6.07) is 2.62. The van der Waals surface area contributed by atoms with Gasteiger partial charge in [0.2, 0.25) is 5.91 Å². The molecule has 1 heterocycles. The first-order chi connectivity index (χ1) is 10.2.